The van der Waals surface area contributed by atoms with Crippen molar-refractivity contribution >= 4 is 5.91 Å². The van der Waals surface area contributed by atoms with Crippen molar-refractivity contribution in [2.45, 2.75) is 32.2 Å². The summed E-state index contributed by atoms with van der Waals surface area (Å²) in [6.07, 6.45) is 5.56. The Bertz CT molecular complexity index is 310. The highest BCUT2D eigenvalue weighted by Crippen LogP contribution is 2.20. The quantitative estimate of drug-likeness (QED) is 0.768. The van der Waals surface area contributed by atoms with E-state index in [1.807, 2.05) is 11.9 Å². The first-order valence-electron chi connectivity index (χ1n) is 6.62. The Hall–Kier alpha value is -0.870. The zero-order valence-corrected chi connectivity index (χ0v) is 10.9. The maximum Gasteiger partial charge on any atom is 0.240 e. The molecule has 4 nitrogen and oxygen atoms in total. The fourth-order valence-corrected chi connectivity index (χ4v) is 2.43. The molecule has 1 amide bonds. The fourth-order valence-electron chi connectivity index (χ4n) is 2.43. The molecule has 0 atom stereocenters. The highest BCUT2D eigenvalue weighted by Gasteiger charge is 2.26. The first kappa shape index (κ1) is 12.6. The number of nitrogens with one attached hydrogen (secondary N) is 1. The number of carbonyl (C=O) groups excluding carboxylic acids is 1. The summed E-state index contributed by atoms with van der Waals surface area (Å²) in [6.45, 7) is 5.67. The van der Waals surface area contributed by atoms with Gasteiger partial charge in [0.25, 0.3) is 0 Å². The van der Waals surface area contributed by atoms with Gasteiger partial charge in [0, 0.05) is 31.9 Å². The van der Waals surface area contributed by atoms with Gasteiger partial charge in [0.1, 0.15) is 0 Å². The first-order chi connectivity index (χ1) is 8.22. The van der Waals surface area contributed by atoms with Crippen LogP contribution in [0.1, 0.15) is 26.2 Å². The van der Waals surface area contributed by atoms with E-state index in [0.717, 1.165) is 32.5 Å². The number of rotatable bonds is 5. The molecule has 0 aromatic carbocycles. The third kappa shape index (κ3) is 2.87. The van der Waals surface area contributed by atoms with Gasteiger partial charge in [0.2, 0.25) is 5.91 Å². The molecule has 0 aromatic rings. The number of nitrogens with zero attached hydrogens (tertiary/aromatic N) is 2. The molecule has 4 heteroatoms. The molecule has 0 saturated carbocycles. The molecule has 1 aliphatic carbocycles. The van der Waals surface area contributed by atoms with E-state index in [1.54, 1.807) is 0 Å². The molecule has 0 aromatic heterocycles. The zero-order valence-electron chi connectivity index (χ0n) is 10.9. The summed E-state index contributed by atoms with van der Waals surface area (Å²) in [4.78, 5) is 16.3. The van der Waals surface area contributed by atoms with Gasteiger partial charge in [-0.25, -0.2) is 0 Å². The summed E-state index contributed by atoms with van der Waals surface area (Å²) in [5.74, 6) is 0.229. The van der Waals surface area contributed by atoms with Crippen LogP contribution in [0.2, 0.25) is 0 Å². The Labute approximate surface area is 104 Å². The Morgan fingerprint density at radius 3 is 2.76 bits per heavy atom. The van der Waals surface area contributed by atoms with Gasteiger partial charge in [-0.3, -0.25) is 9.69 Å². The second kappa shape index (κ2) is 5.65. The Morgan fingerprint density at radius 2 is 2.29 bits per heavy atom. The van der Waals surface area contributed by atoms with Gasteiger partial charge in [0.05, 0.1) is 6.54 Å². The second-order valence-electron chi connectivity index (χ2n) is 4.92. The summed E-state index contributed by atoms with van der Waals surface area (Å²) in [5, 5.41) is 3.26. The zero-order chi connectivity index (χ0) is 12.3. The van der Waals surface area contributed by atoms with E-state index < -0.39 is 0 Å². The molecule has 1 fully saturated rings. The average Bonchev–Trinajstić information content (AvgIpc) is 2.77. The molecular weight excluding hydrogens is 214 g/mol. The summed E-state index contributed by atoms with van der Waals surface area (Å²) < 4.78 is 0. The standard InChI is InChI=1S/C13H23N3O/c1-3-16(12-8-14-9-12)10-13(17)15(2)11-6-4-5-7-11/h6,12,14H,3-5,7-10H2,1-2H3. The van der Waals surface area contributed by atoms with Gasteiger partial charge in [-0.2, -0.15) is 0 Å². The van der Waals surface area contributed by atoms with Crippen LogP contribution in [0.15, 0.2) is 11.8 Å². The topological polar surface area (TPSA) is 35.6 Å². The lowest BCUT2D eigenvalue weighted by atomic mass is 10.1. The lowest BCUT2D eigenvalue weighted by Crippen LogP contribution is -2.58. The van der Waals surface area contributed by atoms with Gasteiger partial charge < -0.3 is 10.2 Å². The van der Waals surface area contributed by atoms with E-state index in [4.69, 9.17) is 0 Å². The van der Waals surface area contributed by atoms with Gasteiger partial charge in [-0.1, -0.05) is 13.0 Å². The highest BCUT2D eigenvalue weighted by molar-refractivity contribution is 5.79. The minimum Gasteiger partial charge on any atom is -0.318 e. The number of likely N-dealkylation sites (N-methyl/N-ethyl adjacent to an activating group) is 2. The van der Waals surface area contributed by atoms with Crippen molar-refractivity contribution in [3.63, 3.8) is 0 Å². The lowest BCUT2D eigenvalue weighted by molar-refractivity contribution is -0.130. The van der Waals surface area contributed by atoms with Gasteiger partial charge in [-0.15, -0.1) is 0 Å². The largest absolute Gasteiger partial charge is 0.318 e. The van der Waals surface area contributed by atoms with E-state index in [0.29, 0.717) is 12.6 Å². The van der Waals surface area contributed by atoms with Gasteiger partial charge in [0.15, 0.2) is 0 Å². The third-order valence-corrected chi connectivity index (χ3v) is 3.84. The van der Waals surface area contributed by atoms with Crippen molar-refractivity contribution in [1.29, 1.82) is 0 Å². The van der Waals surface area contributed by atoms with E-state index >= 15 is 0 Å². The molecule has 2 rings (SSSR count). The molecule has 1 heterocycles. The third-order valence-electron chi connectivity index (χ3n) is 3.84. The summed E-state index contributed by atoms with van der Waals surface area (Å²) >= 11 is 0. The van der Waals surface area contributed by atoms with Gasteiger partial charge >= 0.3 is 0 Å². The number of carbonyl (C=O) groups is 1. The smallest absolute Gasteiger partial charge is 0.240 e. The Morgan fingerprint density at radius 1 is 1.53 bits per heavy atom. The van der Waals surface area contributed by atoms with Crippen LogP contribution < -0.4 is 5.32 Å². The molecule has 0 spiro atoms. The van der Waals surface area contributed by atoms with Crippen LogP contribution in [0.4, 0.5) is 0 Å². The Balaban J connectivity index is 1.86. The van der Waals surface area contributed by atoms with Gasteiger partial charge in [-0.05, 0) is 25.8 Å². The van der Waals surface area contributed by atoms with Crippen LogP contribution >= 0.6 is 0 Å². The normalized spacial score (nSPS) is 20.3. The van der Waals surface area contributed by atoms with Crippen LogP contribution in [0.25, 0.3) is 0 Å². The second-order valence-corrected chi connectivity index (χ2v) is 4.92. The summed E-state index contributed by atoms with van der Waals surface area (Å²) in [5.41, 5.74) is 1.21. The van der Waals surface area contributed by atoms with Crippen LogP contribution in [-0.4, -0.2) is 55.0 Å². The van der Waals surface area contributed by atoms with Crippen LogP contribution in [0.5, 0.6) is 0 Å². The molecule has 96 valence electrons. The molecule has 1 saturated heterocycles. The molecule has 0 radical (unpaired) electrons. The monoisotopic (exact) mass is 237 g/mol. The first-order valence-corrected chi connectivity index (χ1v) is 6.62. The van der Waals surface area contributed by atoms with Crippen molar-refractivity contribution < 1.29 is 4.79 Å². The van der Waals surface area contributed by atoms with Crippen molar-refractivity contribution in [2.75, 3.05) is 33.2 Å². The minimum atomic E-state index is 0.229. The Kier molecular flexibility index (Phi) is 4.18. The minimum absolute atomic E-state index is 0.229. The average molecular weight is 237 g/mol. The van der Waals surface area contributed by atoms with E-state index in [9.17, 15) is 4.79 Å². The summed E-state index contributed by atoms with van der Waals surface area (Å²) in [6, 6.07) is 0.551. The molecule has 2 aliphatic rings. The number of hydrogen-bond donors (Lipinski definition) is 1. The molecule has 0 unspecified atom stereocenters. The predicted octanol–water partition coefficient (Wildman–Crippen LogP) is 0.806. The van der Waals surface area contributed by atoms with Crippen molar-refractivity contribution in [2.24, 2.45) is 0 Å². The molecule has 1 aliphatic heterocycles. The van der Waals surface area contributed by atoms with E-state index in [2.05, 4.69) is 23.2 Å². The fraction of sp³-hybridized carbons (Fsp3) is 0.769. The van der Waals surface area contributed by atoms with Crippen molar-refractivity contribution in [1.82, 2.24) is 15.1 Å². The summed E-state index contributed by atoms with van der Waals surface area (Å²) in [7, 11) is 1.91. The maximum absolute atomic E-state index is 12.2. The van der Waals surface area contributed by atoms with Crippen LogP contribution in [-0.2, 0) is 4.79 Å². The van der Waals surface area contributed by atoms with Crippen molar-refractivity contribution in [3.05, 3.63) is 11.8 Å². The molecule has 1 N–H and O–H groups in total. The lowest BCUT2D eigenvalue weighted by Gasteiger charge is -2.37. The van der Waals surface area contributed by atoms with E-state index in [1.165, 1.54) is 12.1 Å². The van der Waals surface area contributed by atoms with Crippen LogP contribution in [0, 0.1) is 0 Å². The van der Waals surface area contributed by atoms with E-state index in [-0.39, 0.29) is 5.91 Å². The molecular formula is C13H23N3O. The number of allylic oxidation sites excluding steroid dienone is 2. The SMILES string of the molecule is CCN(CC(=O)N(C)C1=CCCC1)C1CNC1. The molecule has 17 heavy (non-hydrogen) atoms. The predicted molar refractivity (Wildman–Crippen MR) is 68.6 cm³/mol. The number of amides is 1. The van der Waals surface area contributed by atoms with Crippen LogP contribution in [0.3, 0.4) is 0 Å². The molecule has 0 bridgehead atoms. The highest BCUT2D eigenvalue weighted by atomic mass is 16.2. The van der Waals surface area contributed by atoms with Crippen molar-refractivity contribution in [3.8, 4) is 0 Å². The maximum atomic E-state index is 12.2. The number of hydrogen-bond acceptors (Lipinski definition) is 3.